The number of carboxylic acids is 1. The van der Waals surface area contributed by atoms with Gasteiger partial charge in [-0.3, -0.25) is 4.57 Å². The summed E-state index contributed by atoms with van der Waals surface area (Å²) in [5.74, 6) is -2.94. The first-order valence-corrected chi connectivity index (χ1v) is 11.8. The average molecular weight is 616 g/mol. The highest BCUT2D eigenvalue weighted by atomic mass is 35.5. The van der Waals surface area contributed by atoms with Gasteiger partial charge in [-0.25, -0.2) is 14.2 Å². The number of hydrogen-bond donors (Lipinski definition) is 5. The molecule has 1 unspecified atom stereocenters. The molecule has 1 fully saturated rings. The van der Waals surface area contributed by atoms with Crippen LogP contribution in [0.2, 0.25) is 10.3 Å². The van der Waals surface area contributed by atoms with Crippen LogP contribution in [0.3, 0.4) is 0 Å². The number of nitrogens with two attached hydrogens (primary N) is 1. The van der Waals surface area contributed by atoms with E-state index >= 15 is 4.39 Å². The van der Waals surface area contributed by atoms with Gasteiger partial charge in [-0.15, -0.1) is 13.2 Å². The molecule has 6 N–H and O–H groups in total. The number of aliphatic hydroxyl groups is 3. The summed E-state index contributed by atoms with van der Waals surface area (Å²) in [4.78, 5) is 23.8. The van der Waals surface area contributed by atoms with Gasteiger partial charge in [0.25, 0.3) is 0 Å². The molecule has 4 rings (SSSR count). The first-order chi connectivity index (χ1) is 18.6. The third-order valence-electron chi connectivity index (χ3n) is 5.96. The van der Waals surface area contributed by atoms with Gasteiger partial charge in [0, 0.05) is 6.42 Å². The molecule has 0 amide bonds. The molecule has 0 spiro atoms. The zero-order valence-corrected chi connectivity index (χ0v) is 21.2. The first-order valence-electron chi connectivity index (χ1n) is 11.0. The van der Waals surface area contributed by atoms with E-state index in [2.05, 4.69) is 19.7 Å². The summed E-state index contributed by atoms with van der Waals surface area (Å²) in [6.45, 7) is -0.911. The molecule has 5 atom stereocenters. The third-order valence-corrected chi connectivity index (χ3v) is 6.44. The lowest BCUT2D eigenvalue weighted by atomic mass is 9.93. The summed E-state index contributed by atoms with van der Waals surface area (Å²) >= 11 is 11.5. The molecule has 3 heterocycles. The number of rotatable bonds is 9. The van der Waals surface area contributed by atoms with E-state index in [-0.39, 0.29) is 27.8 Å². The number of fused-ring (bicyclic) bond motifs is 1. The van der Waals surface area contributed by atoms with E-state index in [0.29, 0.717) is 0 Å². The minimum Gasteiger partial charge on any atom is -0.479 e. The Morgan fingerprint density at radius 1 is 1.25 bits per heavy atom. The largest absolute Gasteiger partial charge is 0.573 e. The second-order valence-electron chi connectivity index (χ2n) is 8.57. The predicted octanol–water partition coefficient (Wildman–Crippen LogP) is 1.60. The van der Waals surface area contributed by atoms with Crippen molar-refractivity contribution in [2.75, 3.05) is 12.3 Å². The van der Waals surface area contributed by atoms with Crippen molar-refractivity contribution < 1.29 is 57.0 Å². The van der Waals surface area contributed by atoms with E-state index < -0.39 is 72.6 Å². The van der Waals surface area contributed by atoms with Crippen LogP contribution >= 0.6 is 23.2 Å². The monoisotopic (exact) mass is 615 g/mol. The molecule has 3 aromatic rings. The fourth-order valence-corrected chi connectivity index (χ4v) is 4.35. The Balaban J connectivity index is 1.57. The number of benzene rings is 1. The number of halogens is 6. The highest BCUT2D eigenvalue weighted by Gasteiger charge is 2.51. The van der Waals surface area contributed by atoms with Crippen LogP contribution in [0.5, 0.6) is 5.75 Å². The number of imidazole rings is 1. The lowest BCUT2D eigenvalue weighted by Crippen LogP contribution is -2.55. The van der Waals surface area contributed by atoms with Crippen LogP contribution in [0.1, 0.15) is 11.8 Å². The van der Waals surface area contributed by atoms with Crippen LogP contribution in [0.15, 0.2) is 24.5 Å². The van der Waals surface area contributed by atoms with Crippen LogP contribution < -0.4 is 10.5 Å². The van der Waals surface area contributed by atoms with Crippen LogP contribution in [-0.2, 0) is 20.7 Å². The molecule has 0 saturated carbocycles. The van der Waals surface area contributed by atoms with Crippen LogP contribution in [0, 0.1) is 0 Å². The minimum absolute atomic E-state index is 0.0378. The Kier molecular flexibility index (Phi) is 8.28. The summed E-state index contributed by atoms with van der Waals surface area (Å²) < 4.78 is 68.9. The molecule has 1 saturated heterocycles. The molecule has 0 radical (unpaired) electrons. The standard InChI is InChI=1S/C21H19Cl2F4N5O8/c22-8-2-1-7(3-9(8)40-21(25,26)27)4-20(17(34)35,18(36)37)38-5-10-13(33)11(24)16(39-10)32-6-29-12-14(28)30-19(23)31-15(12)32/h1-3,6,10-11,13,16-17,33-35H,4-5H2,(H,36,37)(H2,28,30,31)/t10-,11+,13-,16-,20?/m1/s1. The number of aromatic nitrogens is 4. The smallest absolute Gasteiger partial charge is 0.479 e. The molecule has 1 aliphatic rings. The van der Waals surface area contributed by atoms with Gasteiger partial charge in [0.15, 0.2) is 30.2 Å². The molecule has 13 nitrogen and oxygen atoms in total. The van der Waals surface area contributed by atoms with Crippen molar-refractivity contribution in [2.45, 2.75) is 49.3 Å². The molecule has 2 aromatic heterocycles. The number of alkyl halides is 4. The summed E-state index contributed by atoms with van der Waals surface area (Å²) in [5, 5.41) is 39.4. The van der Waals surface area contributed by atoms with E-state index in [0.717, 1.165) is 29.1 Å². The van der Waals surface area contributed by atoms with Gasteiger partial charge in [0.2, 0.25) is 10.9 Å². The SMILES string of the molecule is Nc1nc(Cl)nc2c1ncn2[C@@H]1O[C@H](COC(Cc2ccc(Cl)c(OC(F)(F)F)c2)(C(=O)O)C(O)O)[C@@H](O)[C@@H]1F. The second-order valence-corrected chi connectivity index (χ2v) is 9.32. The normalized spacial score (nSPS) is 23.1. The highest BCUT2D eigenvalue weighted by molar-refractivity contribution is 6.32. The average Bonchev–Trinajstić information content (AvgIpc) is 3.38. The number of aliphatic carboxylic acids is 1. The van der Waals surface area contributed by atoms with Crippen molar-refractivity contribution in [2.24, 2.45) is 0 Å². The van der Waals surface area contributed by atoms with Crippen molar-refractivity contribution in [3.8, 4) is 5.75 Å². The lowest BCUT2D eigenvalue weighted by molar-refractivity contribution is -0.274. The van der Waals surface area contributed by atoms with Gasteiger partial charge >= 0.3 is 12.3 Å². The number of carboxylic acid groups (broad SMARTS) is 1. The number of aliphatic hydroxyl groups excluding tert-OH is 2. The number of nitrogen functional groups attached to an aromatic ring is 1. The van der Waals surface area contributed by atoms with Crippen molar-refractivity contribution in [1.82, 2.24) is 19.5 Å². The third kappa shape index (κ3) is 5.85. The molecule has 19 heteroatoms. The van der Waals surface area contributed by atoms with Gasteiger partial charge in [-0.05, 0) is 29.3 Å². The number of hydrogen-bond acceptors (Lipinski definition) is 11. The van der Waals surface area contributed by atoms with Crippen molar-refractivity contribution >= 4 is 46.2 Å². The maximum atomic E-state index is 15.1. The Morgan fingerprint density at radius 3 is 2.58 bits per heavy atom. The van der Waals surface area contributed by atoms with Crippen LogP contribution in [0.25, 0.3) is 11.2 Å². The molecule has 1 aromatic carbocycles. The summed E-state index contributed by atoms with van der Waals surface area (Å²) in [7, 11) is 0. The Hall–Kier alpha value is -3.06. The zero-order chi connectivity index (χ0) is 29.6. The molecular formula is C21H19Cl2F4N5O8. The van der Waals surface area contributed by atoms with E-state index in [1.165, 1.54) is 0 Å². The second kappa shape index (κ2) is 11.1. The van der Waals surface area contributed by atoms with Gasteiger partial charge in [0.1, 0.15) is 23.5 Å². The van der Waals surface area contributed by atoms with E-state index in [4.69, 9.17) is 38.4 Å². The molecular weight excluding hydrogens is 597 g/mol. The molecule has 40 heavy (non-hydrogen) atoms. The summed E-state index contributed by atoms with van der Waals surface area (Å²) in [5.41, 5.74) is 2.62. The van der Waals surface area contributed by atoms with Crippen molar-refractivity contribution in [3.63, 3.8) is 0 Å². The number of nitrogens with zero attached hydrogens (tertiary/aromatic N) is 4. The first kappa shape index (κ1) is 29.9. The maximum absolute atomic E-state index is 15.1. The van der Waals surface area contributed by atoms with E-state index in [1.807, 2.05) is 0 Å². The molecule has 1 aliphatic heterocycles. The molecule has 0 aliphatic carbocycles. The topological polar surface area (TPSA) is 195 Å². The number of anilines is 1. The minimum atomic E-state index is -5.13. The summed E-state index contributed by atoms with van der Waals surface area (Å²) in [6, 6.07) is 2.80. The summed E-state index contributed by atoms with van der Waals surface area (Å²) in [6.07, 6.45) is -14.9. The van der Waals surface area contributed by atoms with E-state index in [9.17, 15) is 38.4 Å². The van der Waals surface area contributed by atoms with E-state index in [1.54, 1.807) is 0 Å². The Labute approximate surface area is 230 Å². The number of ether oxygens (including phenoxy) is 3. The Morgan fingerprint density at radius 2 is 1.95 bits per heavy atom. The molecule has 218 valence electrons. The fraction of sp³-hybridized carbons (Fsp3) is 0.429. The van der Waals surface area contributed by atoms with Crippen molar-refractivity contribution in [3.05, 3.63) is 40.4 Å². The van der Waals surface area contributed by atoms with Gasteiger partial charge in [-0.2, -0.15) is 9.97 Å². The van der Waals surface area contributed by atoms with Crippen molar-refractivity contribution in [1.29, 1.82) is 0 Å². The van der Waals surface area contributed by atoms with Crippen LogP contribution in [-0.4, -0.2) is 89.2 Å². The van der Waals surface area contributed by atoms with Gasteiger partial charge < -0.3 is 40.4 Å². The Bertz CT molecular complexity index is 1410. The lowest BCUT2D eigenvalue weighted by Gasteiger charge is -2.32. The number of carbonyl (C=O) groups is 1. The van der Waals surface area contributed by atoms with Gasteiger partial charge in [-0.1, -0.05) is 17.7 Å². The maximum Gasteiger partial charge on any atom is 0.573 e. The zero-order valence-electron chi connectivity index (χ0n) is 19.7. The van der Waals surface area contributed by atoms with Crippen LogP contribution in [0.4, 0.5) is 23.4 Å². The highest BCUT2D eigenvalue weighted by Crippen LogP contribution is 2.37. The quantitative estimate of drug-likeness (QED) is 0.133. The predicted molar refractivity (Wildman–Crippen MR) is 126 cm³/mol. The fourth-order valence-electron chi connectivity index (χ4n) is 4.02. The van der Waals surface area contributed by atoms with Gasteiger partial charge in [0.05, 0.1) is 18.0 Å². The molecule has 0 bridgehead atoms.